The van der Waals surface area contributed by atoms with Gasteiger partial charge >= 0.3 is 5.97 Å². The highest BCUT2D eigenvalue weighted by Crippen LogP contribution is 2.30. The lowest BCUT2D eigenvalue weighted by Gasteiger charge is -2.22. The highest BCUT2D eigenvalue weighted by molar-refractivity contribution is 8.09. The van der Waals surface area contributed by atoms with Gasteiger partial charge in [0.15, 0.2) is 0 Å². The van der Waals surface area contributed by atoms with Crippen molar-refractivity contribution in [1.82, 2.24) is 4.98 Å². The van der Waals surface area contributed by atoms with Crippen LogP contribution in [0.2, 0.25) is 0 Å². The van der Waals surface area contributed by atoms with Gasteiger partial charge in [-0.1, -0.05) is 39.0 Å². The molecular weight excluding hydrogens is 645 g/mol. The Balaban J connectivity index is 1.71. The second kappa shape index (κ2) is 12.5. The molecule has 0 aliphatic heterocycles. The fraction of sp³-hybridized carbons (Fsp3) is 0.303. The molecule has 2 amide bonds. The summed E-state index contributed by atoms with van der Waals surface area (Å²) >= 11 is 0. The van der Waals surface area contributed by atoms with E-state index < -0.39 is 43.4 Å². The number of carbonyl (C=O) groups is 3. The lowest BCUT2D eigenvalue weighted by Crippen LogP contribution is -2.35. The molecule has 0 aliphatic rings. The number of aromatic amines is 1. The standard InChI is InChI=1S/C33H38N4O8S2/c1-32(2,3)22-12-9-20(10-13-22)29(38)36-27-19-24(37(46(7,41)42)47(8,43)44)15-16-25(27)30(39)34-23-14-11-21-17-28(35-26(21)18-23)31(40)45-33(4,5)6/h9-19,35H,1-8H3,(H,34,39)(H,36,38). The van der Waals surface area contributed by atoms with E-state index in [2.05, 4.69) is 15.6 Å². The van der Waals surface area contributed by atoms with Gasteiger partial charge in [0.25, 0.3) is 11.8 Å². The third-order valence-corrected chi connectivity index (χ3v) is 10.1. The number of nitrogens with zero attached hydrogens (tertiary/aromatic N) is 1. The zero-order valence-corrected chi connectivity index (χ0v) is 29.0. The first kappa shape index (κ1) is 35.2. The van der Waals surface area contributed by atoms with Crippen LogP contribution in [0, 0.1) is 0 Å². The normalized spacial score (nSPS) is 12.4. The number of fused-ring (bicyclic) bond motifs is 1. The highest BCUT2D eigenvalue weighted by Gasteiger charge is 2.29. The molecule has 250 valence electrons. The first-order valence-corrected chi connectivity index (χ1v) is 18.2. The van der Waals surface area contributed by atoms with Crippen molar-refractivity contribution >= 4 is 65.8 Å². The number of nitrogens with one attached hydrogen (secondary N) is 3. The number of carbonyl (C=O) groups excluding carboxylic acids is 3. The molecule has 3 N–H and O–H groups in total. The van der Waals surface area contributed by atoms with Gasteiger partial charge in [0.2, 0.25) is 20.0 Å². The van der Waals surface area contributed by atoms with Gasteiger partial charge in [-0.15, -0.1) is 0 Å². The van der Waals surface area contributed by atoms with E-state index >= 15 is 0 Å². The highest BCUT2D eigenvalue weighted by atomic mass is 32.3. The molecule has 1 aromatic heterocycles. The van der Waals surface area contributed by atoms with E-state index in [1.807, 2.05) is 20.8 Å². The quantitative estimate of drug-likeness (QED) is 0.200. The van der Waals surface area contributed by atoms with Gasteiger partial charge in [-0.05, 0) is 80.3 Å². The van der Waals surface area contributed by atoms with Crippen molar-refractivity contribution in [3.05, 3.63) is 89.1 Å². The molecule has 0 aliphatic carbocycles. The lowest BCUT2D eigenvalue weighted by atomic mass is 9.86. The van der Waals surface area contributed by atoms with Crippen LogP contribution in [0.4, 0.5) is 17.1 Å². The average molecular weight is 683 g/mol. The van der Waals surface area contributed by atoms with Gasteiger partial charge in [-0.25, -0.2) is 21.6 Å². The Morgan fingerprint density at radius 1 is 0.745 bits per heavy atom. The number of esters is 1. The molecule has 4 aromatic rings. The summed E-state index contributed by atoms with van der Waals surface area (Å²) in [6.07, 6.45) is 1.46. The summed E-state index contributed by atoms with van der Waals surface area (Å²) in [5.41, 5.74) is 1.02. The molecule has 0 fully saturated rings. The van der Waals surface area contributed by atoms with Crippen molar-refractivity contribution in [2.75, 3.05) is 26.9 Å². The van der Waals surface area contributed by atoms with E-state index in [0.29, 0.717) is 16.6 Å². The summed E-state index contributed by atoms with van der Waals surface area (Å²) in [5, 5.41) is 6.07. The molecule has 3 aromatic carbocycles. The number of amides is 2. The minimum absolute atomic E-state index is 0.0728. The zero-order chi connectivity index (χ0) is 35.1. The number of rotatable bonds is 8. The molecule has 1 heterocycles. The first-order valence-electron chi connectivity index (χ1n) is 14.5. The second-order valence-electron chi connectivity index (χ2n) is 13.2. The maximum atomic E-state index is 13.6. The van der Waals surface area contributed by atoms with Gasteiger partial charge in [0.1, 0.15) is 11.3 Å². The number of H-pyrrole nitrogens is 1. The topological polar surface area (TPSA) is 172 Å². The first-order chi connectivity index (χ1) is 21.5. The van der Waals surface area contributed by atoms with Crippen molar-refractivity contribution in [3.8, 4) is 0 Å². The summed E-state index contributed by atoms with van der Waals surface area (Å²) in [5.74, 6) is -1.83. The van der Waals surface area contributed by atoms with Crippen molar-refractivity contribution in [2.45, 2.75) is 52.6 Å². The zero-order valence-electron chi connectivity index (χ0n) is 27.4. The minimum Gasteiger partial charge on any atom is -0.455 e. The predicted octanol–water partition coefficient (Wildman–Crippen LogP) is 5.65. The summed E-state index contributed by atoms with van der Waals surface area (Å²) in [6, 6.07) is 16.9. The fourth-order valence-corrected chi connectivity index (χ4v) is 7.70. The van der Waals surface area contributed by atoms with Crippen LogP contribution in [-0.4, -0.2) is 57.7 Å². The van der Waals surface area contributed by atoms with Gasteiger partial charge in [0.05, 0.1) is 29.4 Å². The van der Waals surface area contributed by atoms with Crippen molar-refractivity contribution in [2.24, 2.45) is 0 Å². The van der Waals surface area contributed by atoms with Crippen molar-refractivity contribution in [3.63, 3.8) is 0 Å². The van der Waals surface area contributed by atoms with Crippen LogP contribution in [0.25, 0.3) is 10.9 Å². The maximum absolute atomic E-state index is 13.6. The second-order valence-corrected chi connectivity index (χ2v) is 17.1. The number of hydrogen-bond acceptors (Lipinski definition) is 8. The molecule has 12 nitrogen and oxygen atoms in total. The average Bonchev–Trinajstić information content (AvgIpc) is 3.34. The Morgan fingerprint density at radius 2 is 1.36 bits per heavy atom. The SMILES string of the molecule is CC(C)(C)OC(=O)c1cc2ccc(NC(=O)c3ccc(N(S(C)(=O)=O)S(C)(=O)=O)cc3NC(=O)c3ccc(C(C)(C)C)cc3)cc2[nH]1. The molecule has 0 unspecified atom stereocenters. The summed E-state index contributed by atoms with van der Waals surface area (Å²) in [6.45, 7) is 11.4. The summed E-state index contributed by atoms with van der Waals surface area (Å²) in [4.78, 5) is 42.4. The van der Waals surface area contributed by atoms with E-state index in [1.165, 1.54) is 6.07 Å². The van der Waals surface area contributed by atoms with E-state index in [0.717, 1.165) is 30.2 Å². The Kier molecular flexibility index (Phi) is 9.35. The fourth-order valence-electron chi connectivity index (χ4n) is 4.74. The van der Waals surface area contributed by atoms with E-state index in [4.69, 9.17) is 4.74 Å². The Labute approximate surface area is 274 Å². The molecule has 0 saturated heterocycles. The van der Waals surface area contributed by atoms with Crippen LogP contribution in [0.5, 0.6) is 0 Å². The van der Waals surface area contributed by atoms with Crippen molar-refractivity contribution < 1.29 is 36.0 Å². The van der Waals surface area contributed by atoms with Gasteiger partial charge in [-0.3, -0.25) is 9.59 Å². The van der Waals surface area contributed by atoms with Gasteiger partial charge < -0.3 is 20.4 Å². The number of hydrogen-bond donors (Lipinski definition) is 3. The predicted molar refractivity (Wildman–Crippen MR) is 183 cm³/mol. The monoisotopic (exact) mass is 682 g/mol. The van der Waals surface area contributed by atoms with Crippen LogP contribution < -0.4 is 14.3 Å². The third-order valence-electron chi connectivity index (χ3n) is 6.82. The Morgan fingerprint density at radius 3 is 1.91 bits per heavy atom. The Hall–Kier alpha value is -4.69. The van der Waals surface area contributed by atoms with Crippen LogP contribution >= 0.6 is 0 Å². The molecule has 0 saturated carbocycles. The largest absolute Gasteiger partial charge is 0.455 e. The van der Waals surface area contributed by atoms with Crippen LogP contribution in [0.1, 0.15) is 78.3 Å². The number of sulfonamides is 2. The number of aromatic nitrogens is 1. The third kappa shape index (κ3) is 8.57. The number of benzene rings is 3. The van der Waals surface area contributed by atoms with Gasteiger partial charge in [0, 0.05) is 22.2 Å². The Bertz CT molecular complexity index is 2060. The number of anilines is 3. The molecule has 0 atom stereocenters. The molecule has 0 spiro atoms. The molecular formula is C33H38N4O8S2. The maximum Gasteiger partial charge on any atom is 0.355 e. The van der Waals surface area contributed by atoms with Crippen LogP contribution in [-0.2, 0) is 30.2 Å². The summed E-state index contributed by atoms with van der Waals surface area (Å²) < 4.78 is 55.5. The van der Waals surface area contributed by atoms with E-state index in [-0.39, 0.29) is 37.3 Å². The van der Waals surface area contributed by atoms with E-state index in [1.54, 1.807) is 69.3 Å². The van der Waals surface area contributed by atoms with Crippen LogP contribution in [0.3, 0.4) is 0 Å². The van der Waals surface area contributed by atoms with E-state index in [9.17, 15) is 31.2 Å². The minimum atomic E-state index is -4.31. The molecule has 4 rings (SSSR count). The van der Waals surface area contributed by atoms with Crippen LogP contribution in [0.15, 0.2) is 66.7 Å². The summed E-state index contributed by atoms with van der Waals surface area (Å²) in [7, 11) is -8.63. The van der Waals surface area contributed by atoms with Crippen molar-refractivity contribution in [1.29, 1.82) is 0 Å². The smallest absolute Gasteiger partial charge is 0.355 e. The lowest BCUT2D eigenvalue weighted by molar-refractivity contribution is 0.00636. The molecule has 47 heavy (non-hydrogen) atoms. The molecule has 0 bridgehead atoms. The molecule has 14 heteroatoms. The number of ether oxygens (including phenoxy) is 1. The van der Waals surface area contributed by atoms with Gasteiger partial charge in [-0.2, -0.15) is 3.71 Å². The molecule has 0 radical (unpaired) electrons.